The molecule has 1 aliphatic rings. The number of carbonyl (C=O) groups excluding carboxylic acids is 3. The van der Waals surface area contributed by atoms with Crippen molar-refractivity contribution >= 4 is 40.5 Å². The van der Waals surface area contributed by atoms with E-state index in [0.29, 0.717) is 11.5 Å². The van der Waals surface area contributed by atoms with Crippen LogP contribution in [0.2, 0.25) is 0 Å². The normalized spacial score (nSPS) is 24.1. The number of nitrogens with zero attached hydrogens (tertiary/aromatic N) is 1. The van der Waals surface area contributed by atoms with Crippen LogP contribution in [-0.2, 0) is 25.1 Å². The average molecular weight is 437 g/mol. The highest BCUT2D eigenvalue weighted by Crippen LogP contribution is 2.36. The molecule has 1 aliphatic heterocycles. The van der Waals surface area contributed by atoms with Crippen molar-refractivity contribution in [2.75, 3.05) is 11.5 Å². The number of thioether (sulfide) groups is 1. The lowest BCUT2D eigenvalue weighted by molar-refractivity contribution is -0.124. The Morgan fingerprint density at radius 3 is 2.11 bits per heavy atom. The topological polar surface area (TPSA) is 102 Å². The Morgan fingerprint density at radius 2 is 1.64 bits per heavy atom. The van der Waals surface area contributed by atoms with Crippen molar-refractivity contribution in [2.24, 2.45) is 0 Å². The number of hydrazine groups is 1. The van der Waals surface area contributed by atoms with E-state index in [4.69, 9.17) is 9.47 Å². The summed E-state index contributed by atoms with van der Waals surface area (Å²) in [6.07, 6.45) is -1.02. The van der Waals surface area contributed by atoms with Gasteiger partial charge in [-0.2, -0.15) is 0 Å². The number of nitrogens with one attached hydrogen (secondary N) is 1. The minimum absolute atomic E-state index is 0.419. The van der Waals surface area contributed by atoms with E-state index < -0.39 is 50.1 Å². The van der Waals surface area contributed by atoms with E-state index in [1.165, 1.54) is 18.7 Å². The van der Waals surface area contributed by atoms with Gasteiger partial charge in [0, 0.05) is 16.6 Å². The van der Waals surface area contributed by atoms with Crippen LogP contribution < -0.4 is 5.43 Å². The van der Waals surface area contributed by atoms with Gasteiger partial charge in [-0.1, -0.05) is 0 Å². The SMILES string of the molecule is C[C@@H](C(=O)[C@]1(C)SCCCS1=O)N(NC(=O)OC(C)(C)C)C(=O)OC(C)(C)C. The van der Waals surface area contributed by atoms with Gasteiger partial charge in [-0.05, 0) is 67.6 Å². The fourth-order valence-corrected chi connectivity index (χ4v) is 5.80. The minimum Gasteiger partial charge on any atom is -0.443 e. The molecule has 28 heavy (non-hydrogen) atoms. The van der Waals surface area contributed by atoms with Crippen LogP contribution in [0.1, 0.15) is 61.8 Å². The quantitative estimate of drug-likeness (QED) is 0.678. The molecule has 3 atom stereocenters. The van der Waals surface area contributed by atoms with E-state index >= 15 is 0 Å². The van der Waals surface area contributed by atoms with Crippen LogP contribution in [0.5, 0.6) is 0 Å². The van der Waals surface area contributed by atoms with E-state index in [9.17, 15) is 18.6 Å². The maximum Gasteiger partial charge on any atom is 0.429 e. The molecule has 0 spiro atoms. The molecule has 0 aromatic heterocycles. The van der Waals surface area contributed by atoms with E-state index in [0.717, 1.165) is 11.4 Å². The van der Waals surface area contributed by atoms with Crippen molar-refractivity contribution < 1.29 is 28.1 Å². The lowest BCUT2D eigenvalue weighted by Gasteiger charge is -2.37. The predicted molar refractivity (Wildman–Crippen MR) is 110 cm³/mol. The van der Waals surface area contributed by atoms with Gasteiger partial charge in [-0.15, -0.1) is 11.8 Å². The molecule has 1 heterocycles. The summed E-state index contributed by atoms with van der Waals surface area (Å²) in [5.41, 5.74) is 0.695. The second-order valence-electron chi connectivity index (χ2n) is 8.70. The summed E-state index contributed by atoms with van der Waals surface area (Å²) in [4.78, 5) is 38.1. The number of Topliss-reactive ketones (excluding diaryl/α,β-unsaturated/α-hetero) is 1. The van der Waals surface area contributed by atoms with Crippen molar-refractivity contribution in [1.82, 2.24) is 10.4 Å². The van der Waals surface area contributed by atoms with Crippen molar-refractivity contribution in [1.29, 1.82) is 0 Å². The number of ether oxygens (including phenoxy) is 2. The molecule has 1 unspecified atom stereocenters. The first kappa shape index (κ1) is 24.7. The lowest BCUT2D eigenvalue weighted by Crippen LogP contribution is -2.59. The number of ketones is 1. The zero-order valence-electron chi connectivity index (χ0n) is 17.9. The molecular weight excluding hydrogens is 404 g/mol. The second kappa shape index (κ2) is 9.02. The fraction of sp³-hybridized carbons (Fsp3) is 0.833. The Labute approximate surface area is 173 Å². The number of hydrogen-bond donors (Lipinski definition) is 1. The van der Waals surface area contributed by atoms with E-state index in [-0.39, 0.29) is 0 Å². The average Bonchev–Trinajstić information content (AvgIpc) is 2.50. The number of rotatable bonds is 3. The summed E-state index contributed by atoms with van der Waals surface area (Å²) in [7, 11) is -1.38. The van der Waals surface area contributed by atoms with Crippen LogP contribution in [0.3, 0.4) is 0 Å². The standard InChI is InChI=1S/C18H32N2O6S2/c1-12(13(21)18(8)27-10-9-11-28(18)24)20(15(23)26-17(5,6)7)19-14(22)25-16(2,3)4/h12H,9-11H2,1-8H3,(H,19,22)/t12-,18+,28?/m0/s1. The van der Waals surface area contributed by atoms with Gasteiger partial charge < -0.3 is 9.47 Å². The summed E-state index contributed by atoms with van der Waals surface area (Å²) < 4.78 is 21.9. The molecule has 1 fully saturated rings. The van der Waals surface area contributed by atoms with Crippen molar-refractivity contribution in [2.45, 2.75) is 83.1 Å². The fourth-order valence-electron chi connectivity index (χ4n) is 2.41. The van der Waals surface area contributed by atoms with Crippen molar-refractivity contribution in [3.05, 3.63) is 0 Å². The van der Waals surface area contributed by atoms with Gasteiger partial charge in [0.15, 0.2) is 5.78 Å². The highest BCUT2D eigenvalue weighted by Gasteiger charge is 2.47. The highest BCUT2D eigenvalue weighted by atomic mass is 32.2. The third-order valence-corrected chi connectivity index (χ3v) is 7.59. The molecule has 0 saturated carbocycles. The monoisotopic (exact) mass is 436 g/mol. The molecule has 8 nitrogen and oxygen atoms in total. The third-order valence-electron chi connectivity index (χ3n) is 3.70. The molecule has 1 saturated heterocycles. The zero-order valence-corrected chi connectivity index (χ0v) is 19.5. The zero-order chi connectivity index (χ0) is 21.9. The molecule has 10 heteroatoms. The van der Waals surface area contributed by atoms with Crippen LogP contribution >= 0.6 is 11.8 Å². The maximum absolute atomic E-state index is 13.2. The Morgan fingerprint density at radius 1 is 1.11 bits per heavy atom. The van der Waals surface area contributed by atoms with Gasteiger partial charge in [0.1, 0.15) is 21.3 Å². The van der Waals surface area contributed by atoms with Gasteiger partial charge in [0.2, 0.25) is 0 Å². The Balaban J connectivity index is 3.11. The van der Waals surface area contributed by atoms with Gasteiger partial charge in [-0.3, -0.25) is 9.00 Å². The summed E-state index contributed by atoms with van der Waals surface area (Å²) in [5, 5.41) is 0.819. The molecule has 1 N–H and O–H groups in total. The summed E-state index contributed by atoms with van der Waals surface area (Å²) in [6.45, 7) is 13.2. The van der Waals surface area contributed by atoms with Gasteiger partial charge in [0.25, 0.3) is 0 Å². The summed E-state index contributed by atoms with van der Waals surface area (Å²) in [6, 6.07) is -1.10. The van der Waals surface area contributed by atoms with Crippen LogP contribution in [0, 0.1) is 0 Å². The van der Waals surface area contributed by atoms with Crippen LogP contribution in [0.4, 0.5) is 9.59 Å². The summed E-state index contributed by atoms with van der Waals surface area (Å²) in [5.74, 6) is 0.706. The van der Waals surface area contributed by atoms with E-state index in [1.807, 2.05) is 0 Å². The van der Waals surface area contributed by atoms with Crippen molar-refractivity contribution in [3.8, 4) is 0 Å². The number of carbonyl (C=O) groups is 3. The largest absolute Gasteiger partial charge is 0.443 e. The number of hydrogen-bond acceptors (Lipinski definition) is 7. The second-order valence-corrected chi connectivity index (χ2v) is 12.4. The molecule has 0 aliphatic carbocycles. The van der Waals surface area contributed by atoms with Crippen LogP contribution in [-0.4, -0.2) is 60.0 Å². The van der Waals surface area contributed by atoms with E-state index in [2.05, 4.69) is 5.43 Å². The predicted octanol–water partition coefficient (Wildman–Crippen LogP) is 3.22. The first-order chi connectivity index (χ1) is 12.6. The maximum atomic E-state index is 13.2. The highest BCUT2D eigenvalue weighted by molar-refractivity contribution is 8.14. The van der Waals surface area contributed by atoms with Crippen molar-refractivity contribution in [3.63, 3.8) is 0 Å². The molecule has 0 bridgehead atoms. The van der Waals surface area contributed by atoms with E-state index in [1.54, 1.807) is 48.5 Å². The summed E-state index contributed by atoms with van der Waals surface area (Å²) >= 11 is 1.31. The van der Waals surface area contributed by atoms with Crippen LogP contribution in [0.25, 0.3) is 0 Å². The van der Waals surface area contributed by atoms with Gasteiger partial charge in [0.05, 0.1) is 0 Å². The van der Waals surface area contributed by atoms with Gasteiger partial charge >= 0.3 is 12.2 Å². The molecule has 1 rings (SSSR count). The molecule has 0 aromatic carbocycles. The molecular formula is C18H32N2O6S2. The van der Waals surface area contributed by atoms with Gasteiger partial charge in [-0.25, -0.2) is 20.0 Å². The lowest BCUT2D eigenvalue weighted by atomic mass is 10.1. The third kappa shape index (κ3) is 6.95. The Hall–Kier alpha value is -1.29. The minimum atomic E-state index is -1.38. The number of amides is 2. The Bertz CT molecular complexity index is 641. The Kier molecular flexibility index (Phi) is 7.98. The van der Waals surface area contributed by atoms with Crippen LogP contribution in [0.15, 0.2) is 0 Å². The molecule has 0 aromatic rings. The molecule has 2 amide bonds. The molecule has 162 valence electrons. The smallest absolute Gasteiger partial charge is 0.429 e. The molecule has 0 radical (unpaired) electrons. The first-order valence-electron chi connectivity index (χ1n) is 9.15. The first-order valence-corrected chi connectivity index (χ1v) is 11.5.